The Hall–Kier alpha value is -1.10. The second kappa shape index (κ2) is 6.59. The minimum atomic E-state index is 0.366. The molecule has 5 nitrogen and oxygen atoms in total. The van der Waals surface area contributed by atoms with Crippen LogP contribution in [0.4, 0.5) is 6.01 Å². The van der Waals surface area contributed by atoms with Crippen molar-refractivity contribution < 1.29 is 4.42 Å². The zero-order chi connectivity index (χ0) is 12.8. The normalized spacial score (nSPS) is 11.5. The van der Waals surface area contributed by atoms with Crippen LogP contribution in [0.1, 0.15) is 40.5 Å². The molecule has 0 aliphatic rings. The molecule has 0 saturated carbocycles. The van der Waals surface area contributed by atoms with Crippen LogP contribution in [-0.4, -0.2) is 29.3 Å². The maximum absolute atomic E-state index is 5.65. The van der Waals surface area contributed by atoms with Gasteiger partial charge in [0.2, 0.25) is 5.89 Å². The van der Waals surface area contributed by atoms with Gasteiger partial charge < -0.3 is 14.6 Å². The van der Waals surface area contributed by atoms with E-state index in [9.17, 15) is 0 Å². The van der Waals surface area contributed by atoms with Crippen molar-refractivity contribution in [1.82, 2.24) is 15.5 Å². The summed E-state index contributed by atoms with van der Waals surface area (Å²) in [6.07, 6.45) is 0. The highest BCUT2D eigenvalue weighted by atomic mass is 16.4. The van der Waals surface area contributed by atoms with Crippen molar-refractivity contribution in [2.45, 2.75) is 47.2 Å². The minimum absolute atomic E-state index is 0.366. The summed E-state index contributed by atoms with van der Waals surface area (Å²) in [5, 5.41) is 11.3. The number of aromatic nitrogens is 2. The van der Waals surface area contributed by atoms with Gasteiger partial charge in [0.1, 0.15) is 0 Å². The van der Waals surface area contributed by atoms with E-state index in [0.29, 0.717) is 30.4 Å². The number of anilines is 1. The van der Waals surface area contributed by atoms with Crippen molar-refractivity contribution in [2.24, 2.45) is 5.92 Å². The molecule has 0 saturated heterocycles. The van der Waals surface area contributed by atoms with Crippen LogP contribution in [-0.2, 0) is 6.54 Å². The molecule has 0 bridgehead atoms. The third-order valence-corrected chi connectivity index (χ3v) is 2.41. The zero-order valence-electron chi connectivity index (χ0n) is 11.5. The van der Waals surface area contributed by atoms with E-state index in [2.05, 4.69) is 55.0 Å². The van der Waals surface area contributed by atoms with Gasteiger partial charge in [0, 0.05) is 12.6 Å². The second-order valence-corrected chi connectivity index (χ2v) is 4.90. The Kier molecular flexibility index (Phi) is 5.41. The Bertz CT molecular complexity index is 322. The Morgan fingerprint density at radius 2 is 1.94 bits per heavy atom. The first-order valence-corrected chi connectivity index (χ1v) is 6.34. The Labute approximate surface area is 104 Å². The first-order valence-electron chi connectivity index (χ1n) is 6.34. The van der Waals surface area contributed by atoms with Crippen LogP contribution in [0.15, 0.2) is 4.42 Å². The second-order valence-electron chi connectivity index (χ2n) is 4.90. The molecule has 0 radical (unpaired) electrons. The first kappa shape index (κ1) is 14.0. The maximum atomic E-state index is 5.65. The number of nitrogens with zero attached hydrogens (tertiary/aromatic N) is 3. The van der Waals surface area contributed by atoms with Gasteiger partial charge >= 0.3 is 6.01 Å². The molecule has 98 valence electrons. The molecule has 0 fully saturated rings. The van der Waals surface area contributed by atoms with Crippen LogP contribution < -0.4 is 10.2 Å². The third kappa shape index (κ3) is 4.34. The van der Waals surface area contributed by atoms with Crippen LogP contribution in [0.2, 0.25) is 0 Å². The molecule has 0 spiro atoms. The monoisotopic (exact) mass is 240 g/mol. The fraction of sp³-hybridized carbons (Fsp3) is 0.833. The lowest BCUT2D eigenvalue weighted by Gasteiger charge is -2.26. The van der Waals surface area contributed by atoms with E-state index in [1.807, 2.05) is 0 Å². The standard InChI is InChI=1S/C12H24N4O/c1-6-13-7-11-14-15-12(17-11)16(10(4)5)8-9(2)3/h9-10,13H,6-8H2,1-5H3. The van der Waals surface area contributed by atoms with Crippen LogP contribution in [0.25, 0.3) is 0 Å². The van der Waals surface area contributed by atoms with E-state index in [4.69, 9.17) is 4.42 Å². The van der Waals surface area contributed by atoms with Crippen LogP contribution in [0, 0.1) is 5.92 Å². The molecule has 1 rings (SSSR count). The van der Waals surface area contributed by atoms with Gasteiger partial charge in [0.05, 0.1) is 6.54 Å². The molecule has 0 atom stereocenters. The Balaban J connectivity index is 2.70. The van der Waals surface area contributed by atoms with Crippen molar-refractivity contribution >= 4 is 6.01 Å². The van der Waals surface area contributed by atoms with E-state index in [0.717, 1.165) is 13.1 Å². The molecule has 1 heterocycles. The van der Waals surface area contributed by atoms with Crippen LogP contribution in [0.3, 0.4) is 0 Å². The molecule has 1 aromatic rings. The molecule has 0 amide bonds. The van der Waals surface area contributed by atoms with Gasteiger partial charge in [-0.25, -0.2) is 0 Å². The zero-order valence-corrected chi connectivity index (χ0v) is 11.5. The summed E-state index contributed by atoms with van der Waals surface area (Å²) >= 11 is 0. The van der Waals surface area contributed by atoms with Crippen molar-refractivity contribution in [3.05, 3.63) is 5.89 Å². The SMILES string of the molecule is CCNCc1nnc(N(CC(C)C)C(C)C)o1. The molecule has 17 heavy (non-hydrogen) atoms. The van der Waals surface area contributed by atoms with Gasteiger partial charge in [0.25, 0.3) is 0 Å². The van der Waals surface area contributed by atoms with Gasteiger partial charge in [-0.15, -0.1) is 5.10 Å². The topological polar surface area (TPSA) is 54.2 Å². The quantitative estimate of drug-likeness (QED) is 0.790. The van der Waals surface area contributed by atoms with Crippen molar-refractivity contribution in [3.63, 3.8) is 0 Å². The van der Waals surface area contributed by atoms with E-state index < -0.39 is 0 Å². The number of hydrogen-bond donors (Lipinski definition) is 1. The van der Waals surface area contributed by atoms with E-state index in [1.165, 1.54) is 0 Å². The van der Waals surface area contributed by atoms with Crippen molar-refractivity contribution in [3.8, 4) is 0 Å². The summed E-state index contributed by atoms with van der Waals surface area (Å²) in [7, 11) is 0. The van der Waals surface area contributed by atoms with E-state index in [1.54, 1.807) is 0 Å². The van der Waals surface area contributed by atoms with Crippen LogP contribution >= 0.6 is 0 Å². The highest BCUT2D eigenvalue weighted by molar-refractivity contribution is 5.25. The highest BCUT2D eigenvalue weighted by Gasteiger charge is 2.18. The molecule has 0 aliphatic carbocycles. The van der Waals surface area contributed by atoms with Crippen LogP contribution in [0.5, 0.6) is 0 Å². The summed E-state index contributed by atoms with van der Waals surface area (Å²) in [6, 6.07) is 0.992. The molecule has 1 aromatic heterocycles. The number of nitrogens with one attached hydrogen (secondary N) is 1. The Morgan fingerprint density at radius 1 is 1.24 bits per heavy atom. The lowest BCUT2D eigenvalue weighted by Crippen LogP contribution is -2.34. The molecular formula is C12H24N4O. The average Bonchev–Trinajstić information content (AvgIpc) is 2.70. The van der Waals surface area contributed by atoms with Gasteiger partial charge in [-0.1, -0.05) is 25.9 Å². The molecule has 1 N–H and O–H groups in total. The molecular weight excluding hydrogens is 216 g/mol. The fourth-order valence-electron chi connectivity index (χ4n) is 1.57. The Morgan fingerprint density at radius 3 is 2.47 bits per heavy atom. The summed E-state index contributed by atoms with van der Waals surface area (Å²) in [4.78, 5) is 2.15. The predicted molar refractivity (Wildman–Crippen MR) is 69.0 cm³/mol. The van der Waals surface area contributed by atoms with Gasteiger partial charge in [-0.3, -0.25) is 0 Å². The molecule has 0 aliphatic heterocycles. The third-order valence-electron chi connectivity index (χ3n) is 2.41. The van der Waals surface area contributed by atoms with Gasteiger partial charge in [-0.2, -0.15) is 0 Å². The fourth-order valence-corrected chi connectivity index (χ4v) is 1.57. The first-order chi connectivity index (χ1) is 8.04. The largest absolute Gasteiger partial charge is 0.407 e. The van der Waals surface area contributed by atoms with Crippen molar-refractivity contribution in [1.29, 1.82) is 0 Å². The predicted octanol–water partition coefficient (Wildman–Crippen LogP) is 2.05. The summed E-state index contributed by atoms with van der Waals surface area (Å²) in [5.74, 6) is 1.22. The maximum Gasteiger partial charge on any atom is 0.318 e. The van der Waals surface area contributed by atoms with E-state index in [-0.39, 0.29) is 0 Å². The molecule has 5 heteroatoms. The van der Waals surface area contributed by atoms with Gasteiger partial charge in [0.15, 0.2) is 0 Å². The molecule has 0 aromatic carbocycles. The number of hydrogen-bond acceptors (Lipinski definition) is 5. The van der Waals surface area contributed by atoms with Crippen molar-refractivity contribution in [2.75, 3.05) is 18.0 Å². The lowest BCUT2D eigenvalue weighted by molar-refractivity contribution is 0.442. The summed E-state index contributed by atoms with van der Waals surface area (Å²) in [5.41, 5.74) is 0. The summed E-state index contributed by atoms with van der Waals surface area (Å²) < 4.78 is 5.65. The highest BCUT2D eigenvalue weighted by Crippen LogP contribution is 2.16. The van der Waals surface area contributed by atoms with Gasteiger partial charge in [-0.05, 0) is 26.3 Å². The minimum Gasteiger partial charge on any atom is -0.407 e. The van der Waals surface area contributed by atoms with E-state index >= 15 is 0 Å². The smallest absolute Gasteiger partial charge is 0.318 e. The average molecular weight is 240 g/mol. The number of rotatable bonds is 7. The lowest BCUT2D eigenvalue weighted by atomic mass is 10.2. The summed E-state index contributed by atoms with van der Waals surface area (Å²) in [6.45, 7) is 13.2. The molecule has 0 unspecified atom stereocenters.